The lowest BCUT2D eigenvalue weighted by molar-refractivity contribution is 0.794. The van der Waals surface area contributed by atoms with Crippen LogP contribution in [-0.2, 0) is 6.54 Å². The summed E-state index contributed by atoms with van der Waals surface area (Å²) in [5.41, 5.74) is 2.14. The second-order valence-electron chi connectivity index (χ2n) is 2.93. The highest BCUT2D eigenvalue weighted by Crippen LogP contribution is 2.06. The molecule has 14 heavy (non-hydrogen) atoms. The van der Waals surface area contributed by atoms with E-state index in [4.69, 9.17) is 5.26 Å². The molecule has 5 nitrogen and oxygen atoms in total. The predicted octanol–water partition coefficient (Wildman–Crippen LogP) is 0.320. The second-order valence-corrected chi connectivity index (χ2v) is 2.93. The lowest BCUT2D eigenvalue weighted by atomic mass is 10.3. The molecule has 0 aromatic carbocycles. The van der Waals surface area contributed by atoms with Crippen molar-refractivity contribution in [2.75, 3.05) is 7.05 Å². The zero-order valence-electron chi connectivity index (χ0n) is 7.73. The Morgan fingerprint density at radius 3 is 3.14 bits per heavy atom. The SMILES string of the molecule is CNCc1cnc2c(C#N)cnn2c1. The Morgan fingerprint density at radius 2 is 2.43 bits per heavy atom. The van der Waals surface area contributed by atoms with Crippen LogP contribution in [0.5, 0.6) is 0 Å². The molecule has 0 fully saturated rings. The van der Waals surface area contributed by atoms with Gasteiger partial charge in [-0.3, -0.25) is 0 Å². The number of fused-ring (bicyclic) bond motifs is 1. The summed E-state index contributed by atoms with van der Waals surface area (Å²) in [5.74, 6) is 0. The van der Waals surface area contributed by atoms with Gasteiger partial charge in [-0.2, -0.15) is 10.4 Å². The van der Waals surface area contributed by atoms with Gasteiger partial charge in [0.2, 0.25) is 0 Å². The minimum atomic E-state index is 0.501. The molecule has 0 saturated heterocycles. The van der Waals surface area contributed by atoms with Crippen LogP contribution < -0.4 is 5.32 Å². The summed E-state index contributed by atoms with van der Waals surface area (Å²) in [6.07, 6.45) is 5.12. The molecule has 0 radical (unpaired) electrons. The van der Waals surface area contributed by atoms with Gasteiger partial charge in [0.1, 0.15) is 11.6 Å². The molecule has 0 bridgehead atoms. The van der Waals surface area contributed by atoms with Crippen LogP contribution in [-0.4, -0.2) is 21.6 Å². The van der Waals surface area contributed by atoms with Gasteiger partial charge in [-0.25, -0.2) is 9.50 Å². The topological polar surface area (TPSA) is 66.0 Å². The van der Waals surface area contributed by atoms with Crippen LogP contribution in [0.25, 0.3) is 5.65 Å². The van der Waals surface area contributed by atoms with E-state index in [1.807, 2.05) is 19.3 Å². The summed E-state index contributed by atoms with van der Waals surface area (Å²) in [4.78, 5) is 4.17. The first-order valence-corrected chi connectivity index (χ1v) is 4.22. The highest BCUT2D eigenvalue weighted by molar-refractivity contribution is 5.53. The maximum Gasteiger partial charge on any atom is 0.172 e. The van der Waals surface area contributed by atoms with Gasteiger partial charge in [0, 0.05) is 24.5 Å². The number of hydrogen-bond acceptors (Lipinski definition) is 4. The maximum absolute atomic E-state index is 8.74. The van der Waals surface area contributed by atoms with Gasteiger partial charge < -0.3 is 5.32 Å². The minimum Gasteiger partial charge on any atom is -0.316 e. The molecule has 0 amide bonds. The first-order chi connectivity index (χ1) is 6.85. The van der Waals surface area contributed by atoms with Gasteiger partial charge in [-0.05, 0) is 7.05 Å². The minimum absolute atomic E-state index is 0.501. The summed E-state index contributed by atoms with van der Waals surface area (Å²) in [6.45, 7) is 0.741. The molecule has 2 rings (SSSR count). The van der Waals surface area contributed by atoms with Crippen LogP contribution in [0.2, 0.25) is 0 Å². The molecular formula is C9H9N5. The van der Waals surface area contributed by atoms with Gasteiger partial charge in [-0.15, -0.1) is 0 Å². The summed E-state index contributed by atoms with van der Waals surface area (Å²) in [6, 6.07) is 2.04. The third-order valence-corrected chi connectivity index (χ3v) is 1.91. The van der Waals surface area contributed by atoms with E-state index in [1.54, 1.807) is 10.7 Å². The Balaban J connectivity index is 2.53. The maximum atomic E-state index is 8.74. The van der Waals surface area contributed by atoms with Crippen LogP contribution in [0.1, 0.15) is 11.1 Å². The van der Waals surface area contributed by atoms with Crippen molar-refractivity contribution in [2.24, 2.45) is 0 Å². The fraction of sp³-hybridized carbons (Fsp3) is 0.222. The monoisotopic (exact) mass is 187 g/mol. The summed E-state index contributed by atoms with van der Waals surface area (Å²) in [5, 5.41) is 15.8. The van der Waals surface area contributed by atoms with Crippen LogP contribution in [0.15, 0.2) is 18.6 Å². The molecule has 0 atom stereocenters. The number of nitrogens with one attached hydrogen (secondary N) is 1. The molecule has 2 heterocycles. The van der Waals surface area contributed by atoms with E-state index < -0.39 is 0 Å². The van der Waals surface area contributed by atoms with Crippen molar-refractivity contribution in [3.05, 3.63) is 29.7 Å². The molecule has 0 spiro atoms. The molecule has 5 heteroatoms. The van der Waals surface area contributed by atoms with E-state index in [-0.39, 0.29) is 0 Å². The van der Waals surface area contributed by atoms with Crippen LogP contribution >= 0.6 is 0 Å². The summed E-state index contributed by atoms with van der Waals surface area (Å²) < 4.78 is 1.62. The Morgan fingerprint density at radius 1 is 1.57 bits per heavy atom. The Labute approximate surface area is 81.0 Å². The second kappa shape index (κ2) is 3.44. The van der Waals surface area contributed by atoms with Gasteiger partial charge in [0.15, 0.2) is 5.65 Å². The average molecular weight is 187 g/mol. The average Bonchev–Trinajstić information content (AvgIpc) is 2.60. The summed E-state index contributed by atoms with van der Waals surface area (Å²) >= 11 is 0. The zero-order chi connectivity index (χ0) is 9.97. The van der Waals surface area contributed by atoms with E-state index >= 15 is 0 Å². The lowest BCUT2D eigenvalue weighted by Gasteiger charge is -1.99. The van der Waals surface area contributed by atoms with Crippen molar-refractivity contribution in [3.8, 4) is 6.07 Å². The lowest BCUT2D eigenvalue weighted by Crippen LogP contribution is -2.06. The Hall–Kier alpha value is -1.93. The fourth-order valence-corrected chi connectivity index (χ4v) is 1.29. The number of hydrogen-bond donors (Lipinski definition) is 1. The normalized spacial score (nSPS) is 10.3. The highest BCUT2D eigenvalue weighted by atomic mass is 15.2. The van der Waals surface area contributed by atoms with Crippen molar-refractivity contribution >= 4 is 5.65 Å². The first kappa shape index (κ1) is 8.66. The molecule has 0 aliphatic carbocycles. The molecular weight excluding hydrogens is 178 g/mol. The van der Waals surface area contributed by atoms with E-state index in [9.17, 15) is 0 Å². The Kier molecular flexibility index (Phi) is 2.13. The van der Waals surface area contributed by atoms with Gasteiger partial charge in [0.25, 0.3) is 0 Å². The molecule has 2 aromatic heterocycles. The molecule has 1 N–H and O–H groups in total. The molecule has 0 unspecified atom stereocenters. The van der Waals surface area contributed by atoms with Crippen LogP contribution in [0.3, 0.4) is 0 Å². The Bertz CT molecular complexity index is 493. The standard InChI is InChI=1S/C9H9N5/c1-11-3-7-4-12-9-8(2-10)5-13-14(9)6-7/h4-6,11H,3H2,1H3. The van der Waals surface area contributed by atoms with Gasteiger partial charge >= 0.3 is 0 Å². The summed E-state index contributed by atoms with van der Waals surface area (Å²) in [7, 11) is 1.87. The molecule has 0 aliphatic rings. The van der Waals surface area contributed by atoms with Crippen molar-refractivity contribution in [3.63, 3.8) is 0 Å². The fourth-order valence-electron chi connectivity index (χ4n) is 1.29. The number of aromatic nitrogens is 3. The van der Waals surface area contributed by atoms with Crippen LogP contribution in [0, 0.1) is 11.3 Å². The first-order valence-electron chi connectivity index (χ1n) is 4.22. The van der Waals surface area contributed by atoms with E-state index in [1.165, 1.54) is 6.20 Å². The highest BCUT2D eigenvalue weighted by Gasteiger charge is 2.04. The van der Waals surface area contributed by atoms with E-state index in [0.29, 0.717) is 11.2 Å². The zero-order valence-corrected chi connectivity index (χ0v) is 7.73. The third-order valence-electron chi connectivity index (χ3n) is 1.91. The quantitative estimate of drug-likeness (QED) is 0.735. The van der Waals surface area contributed by atoms with Crippen molar-refractivity contribution in [1.29, 1.82) is 5.26 Å². The van der Waals surface area contributed by atoms with E-state index in [2.05, 4.69) is 15.4 Å². The van der Waals surface area contributed by atoms with Gasteiger partial charge in [0.05, 0.1) is 6.20 Å². The predicted molar refractivity (Wildman–Crippen MR) is 50.5 cm³/mol. The smallest absolute Gasteiger partial charge is 0.172 e. The third kappa shape index (κ3) is 1.32. The largest absolute Gasteiger partial charge is 0.316 e. The van der Waals surface area contributed by atoms with Crippen molar-refractivity contribution < 1.29 is 0 Å². The van der Waals surface area contributed by atoms with Gasteiger partial charge in [-0.1, -0.05) is 0 Å². The molecule has 0 aliphatic heterocycles. The number of rotatable bonds is 2. The number of nitriles is 1. The van der Waals surface area contributed by atoms with Crippen LogP contribution in [0.4, 0.5) is 0 Å². The van der Waals surface area contributed by atoms with Crippen molar-refractivity contribution in [1.82, 2.24) is 19.9 Å². The molecule has 0 saturated carbocycles. The van der Waals surface area contributed by atoms with E-state index in [0.717, 1.165) is 12.1 Å². The molecule has 70 valence electrons. The van der Waals surface area contributed by atoms with Crippen molar-refractivity contribution in [2.45, 2.75) is 6.54 Å². The molecule has 2 aromatic rings. The number of nitrogens with zero attached hydrogens (tertiary/aromatic N) is 4.